The summed E-state index contributed by atoms with van der Waals surface area (Å²) in [5, 5.41) is 8.84. The Morgan fingerprint density at radius 1 is 1.41 bits per heavy atom. The molecule has 2 heterocycles. The van der Waals surface area contributed by atoms with Crippen molar-refractivity contribution in [1.29, 1.82) is 0 Å². The minimum atomic E-state index is -0.185. The number of fused-ring (bicyclic) bond motifs is 1. The third-order valence-corrected chi connectivity index (χ3v) is 3.24. The molecule has 2 rings (SSSR count). The van der Waals surface area contributed by atoms with Gasteiger partial charge in [-0.2, -0.15) is 0 Å². The van der Waals surface area contributed by atoms with Gasteiger partial charge in [0.25, 0.3) is 0 Å². The molecule has 0 aliphatic carbocycles. The van der Waals surface area contributed by atoms with Crippen LogP contribution in [-0.2, 0) is 20.6 Å². The van der Waals surface area contributed by atoms with Crippen molar-refractivity contribution in [3.05, 3.63) is 21.5 Å². The van der Waals surface area contributed by atoms with E-state index in [0.29, 0.717) is 23.3 Å². The van der Waals surface area contributed by atoms with Crippen LogP contribution in [-0.4, -0.2) is 30.4 Å². The highest BCUT2D eigenvalue weighted by atomic mass is 32.1. The molecule has 0 spiro atoms. The van der Waals surface area contributed by atoms with Crippen molar-refractivity contribution in [1.82, 2.24) is 18.7 Å². The number of rotatable bonds is 3. The Labute approximate surface area is 103 Å². The second kappa shape index (κ2) is 4.42. The smallest absolute Gasteiger partial charge is 0.330 e. The van der Waals surface area contributed by atoms with Crippen LogP contribution >= 0.6 is 12.2 Å². The average Bonchev–Trinajstić information content (AvgIpc) is 2.75. The number of imidazole rings is 1. The minimum absolute atomic E-state index is 0.115. The average molecular weight is 254 g/mol. The maximum absolute atomic E-state index is 11.8. The fourth-order valence-electron chi connectivity index (χ4n) is 1.81. The van der Waals surface area contributed by atoms with Crippen LogP contribution in [0.5, 0.6) is 0 Å². The van der Waals surface area contributed by atoms with E-state index in [1.54, 1.807) is 20.4 Å². The fourth-order valence-corrected chi connectivity index (χ4v) is 2.09. The molecule has 0 aliphatic rings. The van der Waals surface area contributed by atoms with Gasteiger partial charge in [0.2, 0.25) is 0 Å². The highest BCUT2D eigenvalue weighted by molar-refractivity contribution is 7.71. The predicted molar refractivity (Wildman–Crippen MR) is 66.5 cm³/mol. The zero-order valence-electron chi connectivity index (χ0n) is 9.75. The first kappa shape index (κ1) is 12.0. The van der Waals surface area contributed by atoms with Crippen LogP contribution in [0.15, 0.2) is 11.1 Å². The lowest BCUT2D eigenvalue weighted by Gasteiger charge is -2.07. The molecule has 2 aromatic heterocycles. The fraction of sp³-hybridized carbons (Fsp3) is 0.500. The normalized spacial score (nSPS) is 11.2. The molecule has 0 fully saturated rings. The van der Waals surface area contributed by atoms with Gasteiger partial charge in [-0.1, -0.05) is 12.2 Å². The van der Waals surface area contributed by atoms with E-state index in [9.17, 15) is 4.79 Å². The van der Waals surface area contributed by atoms with E-state index >= 15 is 0 Å². The second-order valence-corrected chi connectivity index (χ2v) is 4.28. The first-order valence-corrected chi connectivity index (χ1v) is 5.70. The van der Waals surface area contributed by atoms with E-state index < -0.39 is 0 Å². The lowest BCUT2D eigenvalue weighted by molar-refractivity contribution is 0.280. The molecule has 0 saturated heterocycles. The van der Waals surface area contributed by atoms with E-state index in [-0.39, 0.29) is 12.3 Å². The van der Waals surface area contributed by atoms with E-state index in [1.165, 1.54) is 9.13 Å². The maximum atomic E-state index is 11.8. The summed E-state index contributed by atoms with van der Waals surface area (Å²) in [6.45, 7) is 0.749. The van der Waals surface area contributed by atoms with E-state index in [4.69, 9.17) is 17.3 Å². The van der Waals surface area contributed by atoms with Crippen molar-refractivity contribution >= 4 is 23.4 Å². The summed E-state index contributed by atoms with van der Waals surface area (Å²) in [6.07, 6.45) is 2.28. The molecule has 0 saturated carbocycles. The number of nitrogens with zero attached hydrogens (tertiary/aromatic N) is 4. The Morgan fingerprint density at radius 3 is 2.76 bits per heavy atom. The monoisotopic (exact) mass is 254 g/mol. The molecular formula is C10H14N4O2S. The first-order valence-electron chi connectivity index (χ1n) is 5.29. The van der Waals surface area contributed by atoms with Crippen LogP contribution < -0.4 is 5.69 Å². The zero-order chi connectivity index (χ0) is 12.6. The molecule has 7 heteroatoms. The minimum Gasteiger partial charge on any atom is -0.396 e. The molecule has 2 aromatic rings. The van der Waals surface area contributed by atoms with Crippen molar-refractivity contribution in [3.8, 4) is 0 Å². The molecular weight excluding hydrogens is 240 g/mol. The summed E-state index contributed by atoms with van der Waals surface area (Å²) in [7, 11) is 3.32. The van der Waals surface area contributed by atoms with Gasteiger partial charge >= 0.3 is 5.69 Å². The molecule has 0 aliphatic heterocycles. The van der Waals surface area contributed by atoms with Crippen molar-refractivity contribution in [2.24, 2.45) is 14.1 Å². The molecule has 0 atom stereocenters. The molecule has 0 aromatic carbocycles. The Balaban J connectivity index is 2.77. The van der Waals surface area contributed by atoms with Crippen LogP contribution in [0.25, 0.3) is 11.2 Å². The van der Waals surface area contributed by atoms with Gasteiger partial charge in [0.15, 0.2) is 5.65 Å². The Bertz CT molecular complexity index is 667. The lowest BCUT2D eigenvalue weighted by Crippen LogP contribution is -2.28. The lowest BCUT2D eigenvalue weighted by atomic mass is 10.4. The number of aliphatic hydroxyl groups excluding tert-OH is 1. The van der Waals surface area contributed by atoms with E-state index in [0.717, 1.165) is 5.52 Å². The van der Waals surface area contributed by atoms with Crippen LogP contribution in [0, 0.1) is 4.64 Å². The summed E-state index contributed by atoms with van der Waals surface area (Å²) in [4.78, 5) is 16.0. The zero-order valence-corrected chi connectivity index (χ0v) is 10.6. The van der Waals surface area contributed by atoms with Gasteiger partial charge < -0.3 is 9.67 Å². The topological polar surface area (TPSA) is 65.0 Å². The van der Waals surface area contributed by atoms with Crippen molar-refractivity contribution in [2.45, 2.75) is 13.0 Å². The predicted octanol–water partition coefficient (Wildman–Crippen LogP) is 0.185. The summed E-state index contributed by atoms with van der Waals surface area (Å²) in [5.74, 6) is 0. The summed E-state index contributed by atoms with van der Waals surface area (Å²) < 4.78 is 5.24. The van der Waals surface area contributed by atoms with Gasteiger partial charge in [-0.25, -0.2) is 9.78 Å². The summed E-state index contributed by atoms with van der Waals surface area (Å²) >= 11 is 5.26. The largest absolute Gasteiger partial charge is 0.396 e. The third kappa shape index (κ3) is 1.81. The van der Waals surface area contributed by atoms with Crippen molar-refractivity contribution < 1.29 is 5.11 Å². The van der Waals surface area contributed by atoms with E-state index in [1.807, 2.05) is 4.57 Å². The molecule has 0 radical (unpaired) electrons. The van der Waals surface area contributed by atoms with E-state index in [2.05, 4.69) is 4.98 Å². The Morgan fingerprint density at radius 2 is 2.12 bits per heavy atom. The van der Waals surface area contributed by atoms with Crippen LogP contribution in [0.1, 0.15) is 6.42 Å². The summed E-state index contributed by atoms with van der Waals surface area (Å²) in [5.41, 5.74) is 1.16. The number of hydrogen-bond donors (Lipinski definition) is 1. The first-order chi connectivity index (χ1) is 8.07. The number of aliphatic hydroxyl groups is 1. The molecule has 0 unspecified atom stereocenters. The summed E-state index contributed by atoms with van der Waals surface area (Å²) in [6, 6.07) is 0. The molecule has 0 bridgehead atoms. The molecule has 92 valence electrons. The third-order valence-electron chi connectivity index (χ3n) is 2.77. The van der Waals surface area contributed by atoms with Gasteiger partial charge in [-0.3, -0.25) is 9.13 Å². The van der Waals surface area contributed by atoms with Crippen molar-refractivity contribution in [3.63, 3.8) is 0 Å². The van der Waals surface area contributed by atoms with Crippen LogP contribution in [0.4, 0.5) is 0 Å². The molecule has 17 heavy (non-hydrogen) atoms. The molecule has 6 nitrogen and oxygen atoms in total. The quantitative estimate of drug-likeness (QED) is 0.794. The SMILES string of the molecule is Cn1c(=S)c2c(ncn2CCCO)n(C)c1=O. The number of hydrogen-bond acceptors (Lipinski definition) is 4. The van der Waals surface area contributed by atoms with Crippen LogP contribution in [0.2, 0.25) is 0 Å². The Hall–Kier alpha value is -1.47. The highest BCUT2D eigenvalue weighted by Gasteiger charge is 2.11. The van der Waals surface area contributed by atoms with Crippen molar-refractivity contribution in [2.75, 3.05) is 6.61 Å². The standard InChI is InChI=1S/C10H14N4O2S/c1-12-8-7(9(17)13(2)10(12)16)14(6-11-8)4-3-5-15/h6,15H,3-5H2,1-2H3. The van der Waals surface area contributed by atoms with Crippen LogP contribution in [0.3, 0.4) is 0 Å². The second-order valence-electron chi connectivity index (χ2n) is 3.89. The van der Waals surface area contributed by atoms with Gasteiger partial charge in [0.05, 0.1) is 6.33 Å². The van der Waals surface area contributed by atoms with Gasteiger partial charge in [0.1, 0.15) is 10.2 Å². The van der Waals surface area contributed by atoms with Gasteiger partial charge in [-0.15, -0.1) is 0 Å². The Kier molecular flexibility index (Phi) is 3.12. The molecule has 1 N–H and O–H groups in total. The molecule has 0 amide bonds. The van der Waals surface area contributed by atoms with Gasteiger partial charge in [0, 0.05) is 27.2 Å². The highest BCUT2D eigenvalue weighted by Crippen LogP contribution is 2.12. The van der Waals surface area contributed by atoms with Gasteiger partial charge in [-0.05, 0) is 6.42 Å². The maximum Gasteiger partial charge on any atom is 0.330 e. The number of aromatic nitrogens is 4. The number of aryl methyl sites for hydroxylation is 2.